The monoisotopic (exact) mass is 628 g/mol. The molecule has 0 spiro atoms. The first-order valence-corrected chi connectivity index (χ1v) is 17.6. The van der Waals surface area contributed by atoms with Gasteiger partial charge in [0.15, 0.2) is 0 Å². The number of amides is 1. The Bertz CT molecular complexity index is 1440. The maximum atomic E-state index is 13.6. The van der Waals surface area contributed by atoms with Crippen LogP contribution in [0, 0.1) is 23.7 Å². The Hall–Kier alpha value is -2.55. The number of aliphatic hydroxyl groups is 1. The molecule has 1 saturated carbocycles. The van der Waals surface area contributed by atoms with Gasteiger partial charge in [0.2, 0.25) is 10.0 Å². The molecule has 2 heterocycles. The number of hydrogen-bond acceptors (Lipinski definition) is 6. The smallest absolute Gasteiger partial charge is 0.264 e. The second-order valence-electron chi connectivity index (χ2n) is 13.1. The number of anilines is 1. The lowest BCUT2D eigenvalue weighted by Crippen LogP contribution is -2.44. The number of nitrogens with one attached hydrogen (secondary N) is 1. The largest absolute Gasteiger partial charge is 0.487 e. The molecule has 2 aromatic rings. The van der Waals surface area contributed by atoms with E-state index in [1.54, 1.807) is 18.2 Å². The molecule has 0 aromatic heterocycles. The van der Waals surface area contributed by atoms with Crippen LogP contribution in [0.5, 0.6) is 5.75 Å². The highest BCUT2D eigenvalue weighted by atomic mass is 35.5. The average Bonchev–Trinajstić information content (AvgIpc) is 2.96. The fourth-order valence-corrected chi connectivity index (χ4v) is 8.84. The summed E-state index contributed by atoms with van der Waals surface area (Å²) in [7, 11) is -3.97. The second kappa shape index (κ2) is 13.6. The van der Waals surface area contributed by atoms with Gasteiger partial charge >= 0.3 is 0 Å². The van der Waals surface area contributed by atoms with Crippen molar-refractivity contribution in [3.63, 3.8) is 0 Å². The van der Waals surface area contributed by atoms with Crippen LogP contribution in [0.4, 0.5) is 5.69 Å². The van der Waals surface area contributed by atoms with E-state index in [9.17, 15) is 18.3 Å². The number of carbonyl (C=O) groups excluding carboxylic acids is 1. The van der Waals surface area contributed by atoms with Crippen molar-refractivity contribution in [3.8, 4) is 5.75 Å². The van der Waals surface area contributed by atoms with Crippen LogP contribution in [0.2, 0.25) is 5.02 Å². The number of aryl methyl sites for hydroxylation is 1. The third kappa shape index (κ3) is 7.58. The van der Waals surface area contributed by atoms with E-state index in [2.05, 4.69) is 9.62 Å². The molecule has 2 bridgehead atoms. The highest BCUT2D eigenvalue weighted by molar-refractivity contribution is 7.90. The number of sulfonamides is 1. The topological polar surface area (TPSA) is 95.9 Å². The second-order valence-corrected chi connectivity index (χ2v) is 15.4. The zero-order valence-corrected chi connectivity index (χ0v) is 27.0. The van der Waals surface area contributed by atoms with E-state index in [1.165, 1.54) is 5.56 Å². The third-order valence-corrected chi connectivity index (χ3v) is 11.6. The maximum Gasteiger partial charge on any atom is 0.264 e. The predicted octanol–water partition coefficient (Wildman–Crippen LogP) is 6.52. The summed E-state index contributed by atoms with van der Waals surface area (Å²) in [6, 6.07) is 11.1. The van der Waals surface area contributed by atoms with E-state index in [0.29, 0.717) is 36.1 Å². The van der Waals surface area contributed by atoms with Crippen LogP contribution >= 0.6 is 11.6 Å². The maximum absolute atomic E-state index is 13.6. The van der Waals surface area contributed by atoms with Crippen molar-refractivity contribution in [1.82, 2.24) is 4.72 Å². The van der Waals surface area contributed by atoms with Crippen molar-refractivity contribution < 1.29 is 23.1 Å². The van der Waals surface area contributed by atoms with Crippen molar-refractivity contribution in [2.24, 2.45) is 23.7 Å². The van der Waals surface area contributed by atoms with Crippen molar-refractivity contribution in [2.75, 3.05) is 18.0 Å². The van der Waals surface area contributed by atoms with E-state index in [1.807, 2.05) is 51.1 Å². The van der Waals surface area contributed by atoms with Gasteiger partial charge in [0, 0.05) is 23.7 Å². The molecule has 1 amide bonds. The van der Waals surface area contributed by atoms with Crippen molar-refractivity contribution in [1.29, 1.82) is 0 Å². The van der Waals surface area contributed by atoms with Gasteiger partial charge in [-0.25, -0.2) is 13.1 Å². The molecular formula is C34H45ClN2O5S. The van der Waals surface area contributed by atoms with Crippen LogP contribution < -0.4 is 14.4 Å². The number of nitrogens with zero attached hydrogens (tertiary/aromatic N) is 1. The van der Waals surface area contributed by atoms with Crippen molar-refractivity contribution >= 4 is 33.2 Å². The van der Waals surface area contributed by atoms with Gasteiger partial charge in [0.25, 0.3) is 5.91 Å². The summed E-state index contributed by atoms with van der Waals surface area (Å²) in [5, 5.41) is 11.1. The average molecular weight is 629 g/mol. The van der Waals surface area contributed by atoms with Crippen LogP contribution in [0.15, 0.2) is 48.6 Å². The number of rotatable bonds is 2. The Labute approximate surface area is 261 Å². The molecular weight excluding hydrogens is 584 g/mol. The Balaban J connectivity index is 1.54. The fourth-order valence-electron chi connectivity index (χ4n) is 6.75. The molecule has 1 aliphatic carbocycles. The molecule has 0 radical (unpaired) electrons. The van der Waals surface area contributed by atoms with Crippen molar-refractivity contribution in [2.45, 2.75) is 83.7 Å². The molecule has 2 N–H and O–H groups in total. The van der Waals surface area contributed by atoms with Gasteiger partial charge in [-0.1, -0.05) is 50.6 Å². The summed E-state index contributed by atoms with van der Waals surface area (Å²) in [6.45, 7) is 7.72. The Morgan fingerprint density at radius 1 is 1.12 bits per heavy atom. The van der Waals surface area contributed by atoms with Gasteiger partial charge in [-0.05, 0) is 110 Å². The molecule has 234 valence electrons. The normalized spacial score (nSPS) is 28.7. The van der Waals surface area contributed by atoms with Gasteiger partial charge in [0.1, 0.15) is 12.4 Å². The highest BCUT2D eigenvalue weighted by Crippen LogP contribution is 2.41. The van der Waals surface area contributed by atoms with Crippen LogP contribution in [0.3, 0.4) is 0 Å². The first-order chi connectivity index (χ1) is 20.5. The summed E-state index contributed by atoms with van der Waals surface area (Å²) in [6.07, 6.45) is 8.89. The minimum Gasteiger partial charge on any atom is -0.487 e. The van der Waals surface area contributed by atoms with Gasteiger partial charge in [0.05, 0.1) is 17.0 Å². The van der Waals surface area contributed by atoms with E-state index in [-0.39, 0.29) is 23.3 Å². The summed E-state index contributed by atoms with van der Waals surface area (Å²) >= 11 is 6.32. The molecule has 43 heavy (non-hydrogen) atoms. The first-order valence-electron chi connectivity index (χ1n) is 15.7. The van der Waals surface area contributed by atoms with E-state index in [0.717, 1.165) is 56.4 Å². The van der Waals surface area contributed by atoms with Crippen molar-refractivity contribution in [3.05, 3.63) is 70.3 Å². The summed E-state index contributed by atoms with van der Waals surface area (Å²) in [5.74, 6) is 0.356. The van der Waals surface area contributed by atoms with Gasteiger partial charge in [-0.15, -0.1) is 0 Å². The lowest BCUT2D eigenvalue weighted by Gasteiger charge is -2.42. The van der Waals surface area contributed by atoms with Crippen LogP contribution in [0.1, 0.15) is 80.8 Å². The minimum absolute atomic E-state index is 0.134. The third-order valence-electron chi connectivity index (χ3n) is 9.42. The molecule has 5 atom stereocenters. The molecule has 1 fully saturated rings. The minimum atomic E-state index is -3.97. The molecule has 0 unspecified atom stereocenters. The van der Waals surface area contributed by atoms with Crippen LogP contribution in [0.25, 0.3) is 0 Å². The molecule has 9 heteroatoms. The SMILES string of the molecule is CC(C)C[C@H]1[C@@H](C)C/C=C/[C@H](O)[C@@H]2CC[C@H]2CN2CCCCc3cc(Cl)ccc3COc3ccc(cc32)C(=O)NS1(=O)=O. The number of fused-ring (bicyclic) bond motifs is 3. The molecule has 0 saturated heterocycles. The number of benzene rings is 2. The number of allylic oxidation sites excluding steroid dienone is 1. The summed E-state index contributed by atoms with van der Waals surface area (Å²) < 4.78 is 36.1. The zero-order chi connectivity index (χ0) is 30.7. The lowest BCUT2D eigenvalue weighted by molar-refractivity contribution is 0.0461. The van der Waals surface area contributed by atoms with E-state index in [4.69, 9.17) is 16.3 Å². The number of halogens is 1. The van der Waals surface area contributed by atoms with Gasteiger partial charge < -0.3 is 14.7 Å². The molecule has 2 aliphatic heterocycles. The molecule has 7 nitrogen and oxygen atoms in total. The quantitative estimate of drug-likeness (QED) is 0.368. The Morgan fingerprint density at radius 2 is 1.93 bits per heavy atom. The summed E-state index contributed by atoms with van der Waals surface area (Å²) in [4.78, 5) is 15.8. The Morgan fingerprint density at radius 3 is 2.67 bits per heavy atom. The van der Waals surface area contributed by atoms with Crippen LogP contribution in [-0.4, -0.2) is 43.9 Å². The standard InChI is InChI=1S/C34H45ClN2O5S/c1-22(2)17-33-23(3)7-6-9-31(38)29-14-11-26(29)20-37-16-5-4-8-24-18-28(35)13-10-27(24)21-42-32-15-12-25(19-30(32)37)34(39)36-43(33,40)41/h6,9-10,12-13,15,18-19,22-23,26,29,31,33,38H,4-5,7-8,11,14,16-17,20-21H2,1-3H3,(H,36,39)/b9-6+/t23-,26-,29+,31-,33-/m0/s1. The first kappa shape index (κ1) is 31.9. The molecule has 5 rings (SSSR count). The number of carbonyl (C=O) groups is 1. The number of aliphatic hydroxyl groups excluding tert-OH is 1. The zero-order valence-electron chi connectivity index (χ0n) is 25.5. The van der Waals surface area contributed by atoms with E-state index < -0.39 is 27.3 Å². The number of hydrogen-bond donors (Lipinski definition) is 2. The molecule has 2 aromatic carbocycles. The van der Waals surface area contributed by atoms with E-state index >= 15 is 0 Å². The van der Waals surface area contributed by atoms with Gasteiger partial charge in [-0.2, -0.15) is 0 Å². The fraction of sp³-hybridized carbons (Fsp3) is 0.559. The van der Waals surface area contributed by atoms with Gasteiger partial charge in [-0.3, -0.25) is 4.79 Å². The Kier molecular flexibility index (Phi) is 10.1. The molecule has 3 aliphatic rings. The summed E-state index contributed by atoms with van der Waals surface area (Å²) in [5.41, 5.74) is 3.31. The lowest BCUT2D eigenvalue weighted by atomic mass is 9.70. The van der Waals surface area contributed by atoms with Crippen LogP contribution in [-0.2, 0) is 23.1 Å². The predicted molar refractivity (Wildman–Crippen MR) is 172 cm³/mol. The highest BCUT2D eigenvalue weighted by Gasteiger charge is 2.38. The number of ether oxygens (including phenoxy) is 1.